The second-order valence-corrected chi connectivity index (χ2v) is 4.52. The first kappa shape index (κ1) is 12.8. The minimum Gasteiger partial charge on any atom is -0.465 e. The molecule has 92 valence electrons. The average Bonchev–Trinajstić information content (AvgIpc) is 2.39. The lowest BCUT2D eigenvalue weighted by atomic mass is 10.0. The van der Waals surface area contributed by atoms with Gasteiger partial charge in [0.25, 0.3) is 0 Å². The Hall–Kier alpha value is -1.68. The molecule has 0 radical (unpaired) electrons. The van der Waals surface area contributed by atoms with E-state index in [2.05, 4.69) is 20.7 Å². The number of hydrogen-bond acceptors (Lipinski definition) is 2. The molecule has 0 spiro atoms. The first-order valence-corrected chi connectivity index (χ1v) is 6.05. The third-order valence-corrected chi connectivity index (χ3v) is 3.25. The van der Waals surface area contributed by atoms with Gasteiger partial charge >= 0.3 is 5.97 Å². The van der Waals surface area contributed by atoms with Crippen LogP contribution in [0.3, 0.4) is 0 Å². The Morgan fingerprint density at radius 1 is 1.22 bits per heavy atom. The quantitative estimate of drug-likeness (QED) is 0.783. The zero-order valence-electron chi connectivity index (χ0n) is 9.61. The molecule has 2 aromatic rings. The Morgan fingerprint density at radius 2 is 1.94 bits per heavy atom. The zero-order valence-corrected chi connectivity index (χ0v) is 11.2. The molecule has 0 atom stereocenters. The highest BCUT2D eigenvalue weighted by Crippen LogP contribution is 2.27. The maximum absolute atomic E-state index is 13.7. The number of esters is 1. The number of benzene rings is 2. The predicted octanol–water partition coefficient (Wildman–Crippen LogP) is 4.04. The molecule has 0 aliphatic heterocycles. The van der Waals surface area contributed by atoms with Crippen LogP contribution in [0.2, 0.25) is 0 Å². The van der Waals surface area contributed by atoms with Gasteiger partial charge < -0.3 is 4.74 Å². The topological polar surface area (TPSA) is 26.3 Å². The molecular weight excluding hydrogens is 299 g/mol. The second kappa shape index (κ2) is 5.31. The van der Waals surface area contributed by atoms with E-state index in [-0.39, 0.29) is 5.82 Å². The summed E-state index contributed by atoms with van der Waals surface area (Å²) in [5.41, 5.74) is 1.46. The van der Waals surface area contributed by atoms with Gasteiger partial charge in [-0.1, -0.05) is 24.3 Å². The highest BCUT2D eigenvalue weighted by molar-refractivity contribution is 9.10. The van der Waals surface area contributed by atoms with Gasteiger partial charge in [0.05, 0.1) is 12.7 Å². The number of carbonyl (C=O) groups is 1. The summed E-state index contributed by atoms with van der Waals surface area (Å²) in [6.07, 6.45) is 0. The van der Waals surface area contributed by atoms with E-state index in [1.54, 1.807) is 36.4 Å². The van der Waals surface area contributed by atoms with Crippen LogP contribution in [0.5, 0.6) is 0 Å². The standard InChI is InChI=1S/C14H10BrFO2/c1-18-14(17)11-8-9(6-7-12(11)15)10-4-2-3-5-13(10)16/h2-8H,1H3. The molecule has 0 aromatic heterocycles. The fourth-order valence-corrected chi connectivity index (χ4v) is 2.06. The Bertz CT molecular complexity index is 596. The number of rotatable bonds is 2. The van der Waals surface area contributed by atoms with Crippen molar-refractivity contribution in [2.45, 2.75) is 0 Å². The van der Waals surface area contributed by atoms with Crippen LogP contribution in [0, 0.1) is 5.82 Å². The lowest BCUT2D eigenvalue weighted by Gasteiger charge is -2.07. The lowest BCUT2D eigenvalue weighted by Crippen LogP contribution is -2.02. The van der Waals surface area contributed by atoms with Crippen molar-refractivity contribution < 1.29 is 13.9 Å². The highest BCUT2D eigenvalue weighted by Gasteiger charge is 2.13. The van der Waals surface area contributed by atoms with Crippen molar-refractivity contribution in [2.75, 3.05) is 7.11 Å². The molecule has 0 heterocycles. The van der Waals surface area contributed by atoms with Gasteiger partial charge in [-0.2, -0.15) is 0 Å². The zero-order chi connectivity index (χ0) is 13.1. The molecule has 0 N–H and O–H groups in total. The Morgan fingerprint density at radius 3 is 2.61 bits per heavy atom. The summed E-state index contributed by atoms with van der Waals surface area (Å²) in [5.74, 6) is -0.782. The lowest BCUT2D eigenvalue weighted by molar-refractivity contribution is 0.0599. The Kier molecular flexibility index (Phi) is 3.77. The molecule has 0 aliphatic rings. The van der Waals surface area contributed by atoms with Crippen molar-refractivity contribution in [3.8, 4) is 11.1 Å². The monoisotopic (exact) mass is 308 g/mol. The van der Waals surface area contributed by atoms with Crippen LogP contribution >= 0.6 is 15.9 Å². The Labute approximate surface area is 113 Å². The highest BCUT2D eigenvalue weighted by atomic mass is 79.9. The third-order valence-electron chi connectivity index (χ3n) is 2.56. The normalized spacial score (nSPS) is 10.2. The van der Waals surface area contributed by atoms with Crippen molar-refractivity contribution in [3.05, 3.63) is 58.3 Å². The molecule has 2 aromatic carbocycles. The molecular formula is C14H10BrFO2. The van der Waals surface area contributed by atoms with E-state index in [9.17, 15) is 9.18 Å². The first-order valence-electron chi connectivity index (χ1n) is 5.26. The van der Waals surface area contributed by atoms with E-state index in [0.29, 0.717) is 21.2 Å². The van der Waals surface area contributed by atoms with Gasteiger partial charge in [0.15, 0.2) is 0 Å². The van der Waals surface area contributed by atoms with E-state index >= 15 is 0 Å². The van der Waals surface area contributed by atoms with E-state index in [1.807, 2.05) is 0 Å². The molecule has 2 nitrogen and oxygen atoms in total. The second-order valence-electron chi connectivity index (χ2n) is 3.67. The van der Waals surface area contributed by atoms with Crippen LogP contribution in [-0.4, -0.2) is 13.1 Å². The molecule has 0 amide bonds. The van der Waals surface area contributed by atoms with E-state index in [0.717, 1.165) is 0 Å². The van der Waals surface area contributed by atoms with Gasteiger partial charge in [-0.15, -0.1) is 0 Å². The molecule has 0 unspecified atom stereocenters. The third kappa shape index (κ3) is 2.43. The van der Waals surface area contributed by atoms with Crippen molar-refractivity contribution in [2.24, 2.45) is 0 Å². The molecule has 0 saturated carbocycles. The number of hydrogen-bond donors (Lipinski definition) is 0. The number of methoxy groups -OCH3 is 1. The van der Waals surface area contributed by atoms with Crippen LogP contribution in [0.1, 0.15) is 10.4 Å². The van der Waals surface area contributed by atoms with E-state index in [1.165, 1.54) is 13.2 Å². The minimum absolute atomic E-state index is 0.323. The smallest absolute Gasteiger partial charge is 0.339 e. The van der Waals surface area contributed by atoms with Crippen molar-refractivity contribution >= 4 is 21.9 Å². The SMILES string of the molecule is COC(=O)c1cc(-c2ccccc2F)ccc1Br. The van der Waals surface area contributed by atoms with Gasteiger partial charge in [0.2, 0.25) is 0 Å². The van der Waals surface area contributed by atoms with Crippen LogP contribution in [0.4, 0.5) is 4.39 Å². The number of halogens is 2. The molecule has 0 aliphatic carbocycles. The van der Waals surface area contributed by atoms with Gasteiger partial charge in [-0.05, 0) is 39.7 Å². The number of carbonyl (C=O) groups excluding carboxylic acids is 1. The molecule has 2 rings (SSSR count). The summed E-state index contributed by atoms with van der Waals surface area (Å²) in [6.45, 7) is 0. The maximum Gasteiger partial charge on any atom is 0.339 e. The summed E-state index contributed by atoms with van der Waals surface area (Å²) >= 11 is 3.27. The van der Waals surface area contributed by atoms with Crippen LogP contribution < -0.4 is 0 Å². The molecule has 18 heavy (non-hydrogen) atoms. The van der Waals surface area contributed by atoms with E-state index < -0.39 is 5.97 Å². The van der Waals surface area contributed by atoms with Gasteiger partial charge in [-0.25, -0.2) is 9.18 Å². The molecule has 0 saturated heterocycles. The molecule has 0 bridgehead atoms. The predicted molar refractivity (Wildman–Crippen MR) is 70.9 cm³/mol. The summed E-state index contributed by atoms with van der Waals surface area (Å²) in [6, 6.07) is 11.5. The summed E-state index contributed by atoms with van der Waals surface area (Å²) in [5, 5.41) is 0. The largest absolute Gasteiger partial charge is 0.465 e. The van der Waals surface area contributed by atoms with Crippen molar-refractivity contribution in [3.63, 3.8) is 0 Å². The van der Waals surface area contributed by atoms with Gasteiger partial charge in [-0.3, -0.25) is 0 Å². The summed E-state index contributed by atoms with van der Waals surface area (Å²) < 4.78 is 19.0. The van der Waals surface area contributed by atoms with Crippen LogP contribution in [0.15, 0.2) is 46.9 Å². The molecule has 4 heteroatoms. The van der Waals surface area contributed by atoms with Crippen molar-refractivity contribution in [1.82, 2.24) is 0 Å². The van der Waals surface area contributed by atoms with Gasteiger partial charge in [0.1, 0.15) is 5.82 Å². The summed E-state index contributed by atoms with van der Waals surface area (Å²) in [7, 11) is 1.31. The minimum atomic E-state index is -0.458. The van der Waals surface area contributed by atoms with E-state index in [4.69, 9.17) is 0 Å². The Balaban J connectivity index is 2.54. The number of ether oxygens (including phenoxy) is 1. The van der Waals surface area contributed by atoms with Gasteiger partial charge in [0, 0.05) is 10.0 Å². The van der Waals surface area contributed by atoms with Crippen LogP contribution in [0.25, 0.3) is 11.1 Å². The molecule has 0 fully saturated rings. The average molecular weight is 309 g/mol. The van der Waals surface area contributed by atoms with Crippen LogP contribution in [-0.2, 0) is 4.74 Å². The fourth-order valence-electron chi connectivity index (χ4n) is 1.65. The fraction of sp³-hybridized carbons (Fsp3) is 0.0714. The first-order chi connectivity index (χ1) is 8.63. The summed E-state index contributed by atoms with van der Waals surface area (Å²) in [4.78, 5) is 11.6. The van der Waals surface area contributed by atoms with Crippen molar-refractivity contribution in [1.29, 1.82) is 0 Å². The maximum atomic E-state index is 13.7.